The normalized spacial score (nSPS) is 29.2. The summed E-state index contributed by atoms with van der Waals surface area (Å²) in [6.45, 7) is 0.229. The molecule has 1 N–H and O–H groups in total. The van der Waals surface area contributed by atoms with Gasteiger partial charge in [0, 0.05) is 24.1 Å². The van der Waals surface area contributed by atoms with E-state index < -0.39 is 17.2 Å². The van der Waals surface area contributed by atoms with Crippen molar-refractivity contribution in [2.75, 3.05) is 7.11 Å². The molecular formula is C12H11F2NO2. The second-order valence-corrected chi connectivity index (χ2v) is 4.53. The Morgan fingerprint density at radius 3 is 3.00 bits per heavy atom. The van der Waals surface area contributed by atoms with Crippen molar-refractivity contribution < 1.29 is 18.3 Å². The molecule has 1 aliphatic carbocycles. The molecule has 2 aliphatic rings. The topological polar surface area (TPSA) is 38.3 Å². The van der Waals surface area contributed by atoms with E-state index in [0.29, 0.717) is 17.5 Å². The number of halogens is 2. The molecule has 2 atom stereocenters. The average Bonchev–Trinajstić information content (AvgIpc) is 3.04. The summed E-state index contributed by atoms with van der Waals surface area (Å²) in [7, 11) is 1.32. The molecule has 1 fully saturated rings. The van der Waals surface area contributed by atoms with Crippen molar-refractivity contribution in [1.82, 2.24) is 5.32 Å². The molecule has 0 bridgehead atoms. The number of hydrogen-bond acceptors (Lipinski definition) is 3. The molecule has 0 radical (unpaired) electrons. The Balaban J connectivity index is 2.04. The predicted molar refractivity (Wildman–Crippen MR) is 55.3 cm³/mol. The maximum Gasteiger partial charge on any atom is 0.326 e. The summed E-state index contributed by atoms with van der Waals surface area (Å²) >= 11 is 0. The minimum Gasteiger partial charge on any atom is -0.468 e. The Morgan fingerprint density at radius 2 is 2.29 bits per heavy atom. The molecule has 0 saturated heterocycles. The van der Waals surface area contributed by atoms with Gasteiger partial charge in [0.2, 0.25) is 0 Å². The molecule has 0 aromatic heterocycles. The Hall–Kier alpha value is -1.49. The minimum atomic E-state index is -0.762. The number of nitrogens with one attached hydrogen (secondary N) is 1. The number of hydrogen-bond donors (Lipinski definition) is 1. The molecule has 1 aliphatic heterocycles. The number of esters is 1. The van der Waals surface area contributed by atoms with Gasteiger partial charge in [-0.3, -0.25) is 10.1 Å². The number of methoxy groups -OCH3 is 1. The van der Waals surface area contributed by atoms with Gasteiger partial charge in [0.1, 0.15) is 17.2 Å². The van der Waals surface area contributed by atoms with Gasteiger partial charge in [-0.2, -0.15) is 0 Å². The van der Waals surface area contributed by atoms with E-state index in [4.69, 9.17) is 4.74 Å². The SMILES string of the molecule is COC(=O)[C@]12C[C@@H]1c1cc(F)cc(F)c1CN2. The first-order valence-corrected chi connectivity index (χ1v) is 5.40. The zero-order valence-corrected chi connectivity index (χ0v) is 9.22. The first kappa shape index (κ1) is 10.7. The fourth-order valence-electron chi connectivity index (χ4n) is 2.68. The Kier molecular flexibility index (Phi) is 2.04. The van der Waals surface area contributed by atoms with E-state index in [1.165, 1.54) is 13.2 Å². The first-order chi connectivity index (χ1) is 8.08. The number of ether oxygens (including phenoxy) is 1. The smallest absolute Gasteiger partial charge is 0.326 e. The number of rotatable bonds is 1. The third kappa shape index (κ3) is 1.32. The summed E-state index contributed by atoms with van der Waals surface area (Å²) in [4.78, 5) is 11.6. The molecule has 3 nitrogen and oxygen atoms in total. The zero-order chi connectivity index (χ0) is 12.2. The van der Waals surface area contributed by atoms with Crippen molar-refractivity contribution in [1.29, 1.82) is 0 Å². The van der Waals surface area contributed by atoms with Crippen molar-refractivity contribution in [2.45, 2.75) is 24.4 Å². The molecule has 3 rings (SSSR count). The molecule has 1 aromatic carbocycles. The second-order valence-electron chi connectivity index (χ2n) is 4.53. The lowest BCUT2D eigenvalue weighted by Gasteiger charge is -2.24. The van der Waals surface area contributed by atoms with E-state index in [2.05, 4.69) is 5.32 Å². The van der Waals surface area contributed by atoms with E-state index in [1.54, 1.807) is 0 Å². The third-order valence-electron chi connectivity index (χ3n) is 3.66. The summed E-state index contributed by atoms with van der Waals surface area (Å²) in [5.74, 6) is -1.70. The molecule has 1 heterocycles. The third-order valence-corrected chi connectivity index (χ3v) is 3.66. The van der Waals surface area contributed by atoms with Gasteiger partial charge in [0.05, 0.1) is 7.11 Å². The van der Waals surface area contributed by atoms with Crippen LogP contribution in [-0.4, -0.2) is 18.6 Å². The largest absolute Gasteiger partial charge is 0.468 e. The van der Waals surface area contributed by atoms with Crippen molar-refractivity contribution >= 4 is 5.97 Å². The lowest BCUT2D eigenvalue weighted by molar-refractivity contribution is -0.144. The predicted octanol–water partition coefficient (Wildman–Crippen LogP) is 1.47. The van der Waals surface area contributed by atoms with Crippen LogP contribution in [0.4, 0.5) is 8.78 Å². The van der Waals surface area contributed by atoms with Gasteiger partial charge < -0.3 is 4.74 Å². The van der Waals surface area contributed by atoms with Gasteiger partial charge in [-0.25, -0.2) is 8.78 Å². The molecule has 5 heteroatoms. The van der Waals surface area contributed by atoms with Crippen LogP contribution >= 0.6 is 0 Å². The van der Waals surface area contributed by atoms with Crippen LogP contribution in [0.1, 0.15) is 23.5 Å². The number of carbonyl (C=O) groups is 1. The van der Waals surface area contributed by atoms with Crippen LogP contribution in [0, 0.1) is 11.6 Å². The van der Waals surface area contributed by atoms with E-state index in [0.717, 1.165) is 6.07 Å². The highest BCUT2D eigenvalue weighted by molar-refractivity contribution is 5.87. The first-order valence-electron chi connectivity index (χ1n) is 5.40. The summed E-state index contributed by atoms with van der Waals surface area (Å²) < 4.78 is 31.4. The fraction of sp³-hybridized carbons (Fsp3) is 0.417. The molecular weight excluding hydrogens is 228 g/mol. The Morgan fingerprint density at radius 1 is 1.53 bits per heavy atom. The fourth-order valence-corrected chi connectivity index (χ4v) is 2.68. The molecule has 90 valence electrons. The summed E-state index contributed by atoms with van der Waals surface area (Å²) in [5, 5.41) is 3.00. The number of carbonyl (C=O) groups excluding carboxylic acids is 1. The molecule has 0 spiro atoms. The van der Waals surface area contributed by atoms with E-state index in [9.17, 15) is 13.6 Å². The maximum absolute atomic E-state index is 13.5. The monoisotopic (exact) mass is 239 g/mol. The van der Waals surface area contributed by atoms with Crippen LogP contribution < -0.4 is 5.32 Å². The summed E-state index contributed by atoms with van der Waals surface area (Å²) in [6.07, 6.45) is 0.537. The molecule has 0 amide bonds. The second kappa shape index (κ2) is 3.26. The number of benzene rings is 1. The van der Waals surface area contributed by atoms with Crippen LogP contribution in [0.25, 0.3) is 0 Å². The van der Waals surface area contributed by atoms with Gasteiger partial charge in [-0.05, 0) is 18.1 Å². The highest BCUT2D eigenvalue weighted by Gasteiger charge is 2.64. The van der Waals surface area contributed by atoms with Crippen molar-refractivity contribution in [3.63, 3.8) is 0 Å². The summed E-state index contributed by atoms with van der Waals surface area (Å²) in [5.41, 5.74) is 0.280. The Labute approximate surface area is 96.8 Å². The molecule has 0 unspecified atom stereocenters. The quantitative estimate of drug-likeness (QED) is 0.754. The van der Waals surface area contributed by atoms with Crippen molar-refractivity contribution in [3.8, 4) is 0 Å². The van der Waals surface area contributed by atoms with Crippen molar-refractivity contribution in [2.24, 2.45) is 0 Å². The number of fused-ring (bicyclic) bond motifs is 3. The van der Waals surface area contributed by atoms with Gasteiger partial charge in [0.25, 0.3) is 0 Å². The van der Waals surface area contributed by atoms with Crippen LogP contribution in [-0.2, 0) is 16.1 Å². The van der Waals surface area contributed by atoms with Gasteiger partial charge in [0.15, 0.2) is 0 Å². The zero-order valence-electron chi connectivity index (χ0n) is 9.22. The maximum atomic E-state index is 13.5. The standard InChI is InChI=1S/C12H11F2NO2/c1-17-11(16)12-4-9(12)7-2-6(13)3-10(14)8(7)5-15-12/h2-3,9,15H,4-5H2,1H3/t9-,12+/m1/s1. The van der Waals surface area contributed by atoms with Crippen LogP contribution in [0.15, 0.2) is 12.1 Å². The van der Waals surface area contributed by atoms with Gasteiger partial charge >= 0.3 is 5.97 Å². The van der Waals surface area contributed by atoms with E-state index >= 15 is 0 Å². The minimum absolute atomic E-state index is 0.177. The molecule has 1 saturated carbocycles. The van der Waals surface area contributed by atoms with E-state index in [1.807, 2.05) is 0 Å². The lowest BCUT2D eigenvalue weighted by atomic mass is 9.95. The van der Waals surface area contributed by atoms with E-state index in [-0.39, 0.29) is 18.4 Å². The molecule has 17 heavy (non-hydrogen) atoms. The van der Waals surface area contributed by atoms with Crippen LogP contribution in [0.2, 0.25) is 0 Å². The molecule has 1 aromatic rings. The highest BCUT2D eigenvalue weighted by Crippen LogP contribution is 2.55. The average molecular weight is 239 g/mol. The Bertz CT molecular complexity index is 517. The lowest BCUT2D eigenvalue weighted by Crippen LogP contribution is -2.44. The highest BCUT2D eigenvalue weighted by atomic mass is 19.1. The van der Waals surface area contributed by atoms with Gasteiger partial charge in [-0.15, -0.1) is 0 Å². The van der Waals surface area contributed by atoms with Crippen LogP contribution in [0.5, 0.6) is 0 Å². The van der Waals surface area contributed by atoms with Gasteiger partial charge in [-0.1, -0.05) is 0 Å². The van der Waals surface area contributed by atoms with Crippen LogP contribution in [0.3, 0.4) is 0 Å². The van der Waals surface area contributed by atoms with Crippen molar-refractivity contribution in [3.05, 3.63) is 34.9 Å². The summed E-state index contributed by atoms with van der Waals surface area (Å²) in [6, 6.07) is 2.18.